The summed E-state index contributed by atoms with van der Waals surface area (Å²) < 4.78 is 26.4. The van der Waals surface area contributed by atoms with Crippen LogP contribution in [0.25, 0.3) is 15.9 Å². The molecule has 0 unspecified atom stereocenters. The molecule has 0 atom stereocenters. The highest BCUT2D eigenvalue weighted by molar-refractivity contribution is 7.99. The number of thioether (sulfide) groups is 1. The van der Waals surface area contributed by atoms with Gasteiger partial charge in [0.15, 0.2) is 16.7 Å². The molecule has 0 amide bonds. The van der Waals surface area contributed by atoms with Crippen LogP contribution in [0, 0.1) is 5.82 Å². The van der Waals surface area contributed by atoms with E-state index in [0.717, 1.165) is 47.3 Å². The van der Waals surface area contributed by atoms with Crippen LogP contribution >= 0.6 is 23.1 Å². The van der Waals surface area contributed by atoms with Gasteiger partial charge >= 0.3 is 0 Å². The fraction of sp³-hybridized carbons (Fsp3) is 0.280. The van der Waals surface area contributed by atoms with E-state index in [2.05, 4.69) is 0 Å². The van der Waals surface area contributed by atoms with Gasteiger partial charge in [-0.25, -0.2) is 9.37 Å². The molecule has 0 bridgehead atoms. The summed E-state index contributed by atoms with van der Waals surface area (Å²) in [7, 11) is 1.61. The summed E-state index contributed by atoms with van der Waals surface area (Å²) in [6.07, 6.45) is 4.20. The zero-order valence-corrected chi connectivity index (χ0v) is 19.8. The number of rotatable bonds is 7. The second-order valence-electron chi connectivity index (χ2n) is 7.75. The maximum Gasteiger partial charge on any atom is 0.267 e. The SMILES string of the molecule is COc1ccc(-n2c(SCCOc3ccccc3F)nc3sc4c(c3c2=O)CCCC4)cc1. The molecule has 0 saturated heterocycles. The van der Waals surface area contributed by atoms with E-state index in [1.54, 1.807) is 41.2 Å². The lowest BCUT2D eigenvalue weighted by Crippen LogP contribution is -2.22. The summed E-state index contributed by atoms with van der Waals surface area (Å²) in [5.41, 5.74) is 1.87. The van der Waals surface area contributed by atoms with Gasteiger partial charge in [-0.2, -0.15) is 0 Å². The van der Waals surface area contributed by atoms with Crippen LogP contribution in [-0.2, 0) is 12.8 Å². The van der Waals surface area contributed by atoms with E-state index < -0.39 is 0 Å². The monoisotopic (exact) mass is 482 g/mol. The maximum absolute atomic E-state index is 13.8. The molecule has 2 aromatic heterocycles. The van der Waals surface area contributed by atoms with E-state index in [1.165, 1.54) is 28.3 Å². The number of hydrogen-bond acceptors (Lipinski definition) is 6. The molecule has 4 aromatic rings. The first-order valence-electron chi connectivity index (χ1n) is 10.9. The van der Waals surface area contributed by atoms with Crippen LogP contribution in [-0.4, -0.2) is 29.0 Å². The fourth-order valence-electron chi connectivity index (χ4n) is 4.09. The third-order valence-electron chi connectivity index (χ3n) is 5.70. The summed E-state index contributed by atoms with van der Waals surface area (Å²) in [6, 6.07) is 13.8. The smallest absolute Gasteiger partial charge is 0.267 e. The van der Waals surface area contributed by atoms with Crippen molar-refractivity contribution in [1.82, 2.24) is 9.55 Å². The predicted molar refractivity (Wildman–Crippen MR) is 131 cm³/mol. The number of para-hydroxylation sites is 1. The lowest BCUT2D eigenvalue weighted by Gasteiger charge is -2.14. The molecule has 1 aliphatic rings. The van der Waals surface area contributed by atoms with Gasteiger partial charge in [-0.05, 0) is 67.6 Å². The van der Waals surface area contributed by atoms with Gasteiger partial charge in [0.05, 0.1) is 24.8 Å². The second kappa shape index (κ2) is 9.57. The molecule has 0 saturated carbocycles. The number of nitrogens with zero attached hydrogens (tertiary/aromatic N) is 2. The standard InChI is InChI=1S/C25H23FN2O3S2/c1-30-17-12-10-16(11-13-17)28-24(29)22-18-6-2-5-9-21(18)33-23(22)27-25(28)32-15-14-31-20-8-4-3-7-19(20)26/h3-4,7-8,10-13H,2,5-6,9,14-15H2,1H3. The molecule has 0 spiro atoms. The molecular formula is C25H23FN2O3S2. The largest absolute Gasteiger partial charge is 0.497 e. The van der Waals surface area contributed by atoms with E-state index in [4.69, 9.17) is 14.5 Å². The minimum Gasteiger partial charge on any atom is -0.497 e. The van der Waals surface area contributed by atoms with Crippen molar-refractivity contribution in [2.45, 2.75) is 30.8 Å². The fourth-order valence-corrected chi connectivity index (χ4v) is 6.22. The van der Waals surface area contributed by atoms with Crippen molar-refractivity contribution >= 4 is 33.3 Å². The van der Waals surface area contributed by atoms with Crippen molar-refractivity contribution in [3.63, 3.8) is 0 Å². The van der Waals surface area contributed by atoms with Gasteiger partial charge < -0.3 is 9.47 Å². The summed E-state index contributed by atoms with van der Waals surface area (Å²) in [4.78, 5) is 20.7. The number of aromatic nitrogens is 2. The highest BCUT2D eigenvalue weighted by Gasteiger charge is 2.23. The van der Waals surface area contributed by atoms with Crippen LogP contribution in [0.1, 0.15) is 23.3 Å². The number of benzene rings is 2. The van der Waals surface area contributed by atoms with Crippen molar-refractivity contribution < 1.29 is 13.9 Å². The van der Waals surface area contributed by atoms with Gasteiger partial charge in [0.2, 0.25) is 0 Å². The number of fused-ring (bicyclic) bond motifs is 3. The first kappa shape index (κ1) is 22.0. The average molecular weight is 483 g/mol. The Kier molecular flexibility index (Phi) is 6.37. The van der Waals surface area contributed by atoms with Crippen LogP contribution in [0.15, 0.2) is 58.5 Å². The Balaban J connectivity index is 1.50. The minimum atomic E-state index is -0.388. The van der Waals surface area contributed by atoms with Gasteiger partial charge in [0.1, 0.15) is 10.6 Å². The van der Waals surface area contributed by atoms with E-state index in [1.807, 2.05) is 24.3 Å². The molecule has 0 radical (unpaired) electrons. The molecular weight excluding hydrogens is 459 g/mol. The summed E-state index contributed by atoms with van der Waals surface area (Å²) in [5, 5.41) is 1.35. The molecule has 170 valence electrons. The Morgan fingerprint density at radius 3 is 2.70 bits per heavy atom. The molecule has 0 aliphatic heterocycles. The van der Waals surface area contributed by atoms with Gasteiger partial charge in [0, 0.05) is 10.6 Å². The molecule has 2 heterocycles. The highest BCUT2D eigenvalue weighted by Crippen LogP contribution is 2.35. The Bertz CT molecular complexity index is 1350. The number of aryl methyl sites for hydroxylation is 2. The lowest BCUT2D eigenvalue weighted by molar-refractivity contribution is 0.325. The zero-order chi connectivity index (χ0) is 22.8. The topological polar surface area (TPSA) is 53.4 Å². The summed E-state index contributed by atoms with van der Waals surface area (Å²) >= 11 is 3.07. The number of halogens is 1. The lowest BCUT2D eigenvalue weighted by atomic mass is 9.97. The molecule has 0 fully saturated rings. The van der Waals surface area contributed by atoms with Crippen LogP contribution < -0.4 is 15.0 Å². The third-order valence-corrected chi connectivity index (χ3v) is 7.79. The van der Waals surface area contributed by atoms with E-state index >= 15 is 0 Å². The summed E-state index contributed by atoms with van der Waals surface area (Å²) in [5.74, 6) is 1.08. The first-order valence-corrected chi connectivity index (χ1v) is 12.7. The van der Waals surface area contributed by atoms with Gasteiger partial charge in [-0.3, -0.25) is 9.36 Å². The van der Waals surface area contributed by atoms with Crippen LogP contribution in [0.3, 0.4) is 0 Å². The van der Waals surface area contributed by atoms with Crippen LogP contribution in [0.2, 0.25) is 0 Å². The van der Waals surface area contributed by atoms with Crippen molar-refractivity contribution in [3.05, 3.63) is 75.1 Å². The van der Waals surface area contributed by atoms with Crippen molar-refractivity contribution in [2.75, 3.05) is 19.5 Å². The number of thiophene rings is 1. The van der Waals surface area contributed by atoms with E-state index in [9.17, 15) is 9.18 Å². The van der Waals surface area contributed by atoms with Gasteiger partial charge in [-0.15, -0.1) is 11.3 Å². The molecule has 5 nitrogen and oxygen atoms in total. The normalized spacial score (nSPS) is 13.2. The van der Waals surface area contributed by atoms with Crippen molar-refractivity contribution in [2.24, 2.45) is 0 Å². The van der Waals surface area contributed by atoms with Gasteiger partial charge in [-0.1, -0.05) is 23.9 Å². The van der Waals surface area contributed by atoms with Crippen LogP contribution in [0.4, 0.5) is 4.39 Å². The Labute approximate surface area is 199 Å². The van der Waals surface area contributed by atoms with Crippen LogP contribution in [0.5, 0.6) is 11.5 Å². The third kappa shape index (κ3) is 4.37. The molecule has 5 rings (SSSR count). The molecule has 8 heteroatoms. The maximum atomic E-state index is 13.8. The average Bonchev–Trinajstić information content (AvgIpc) is 3.22. The number of hydrogen-bond donors (Lipinski definition) is 0. The first-order chi connectivity index (χ1) is 16.2. The second-order valence-corrected chi connectivity index (χ2v) is 9.90. The number of methoxy groups -OCH3 is 1. The molecule has 1 aliphatic carbocycles. The molecule has 0 N–H and O–H groups in total. The zero-order valence-electron chi connectivity index (χ0n) is 18.2. The quantitative estimate of drug-likeness (QED) is 0.194. The van der Waals surface area contributed by atoms with Crippen molar-refractivity contribution in [1.29, 1.82) is 0 Å². The van der Waals surface area contributed by atoms with Gasteiger partial charge in [0.25, 0.3) is 5.56 Å². The van der Waals surface area contributed by atoms with Crippen molar-refractivity contribution in [3.8, 4) is 17.2 Å². The van der Waals surface area contributed by atoms with E-state index in [-0.39, 0.29) is 17.1 Å². The molecule has 33 heavy (non-hydrogen) atoms. The Morgan fingerprint density at radius 1 is 1.12 bits per heavy atom. The van der Waals surface area contributed by atoms with E-state index in [0.29, 0.717) is 17.5 Å². The minimum absolute atomic E-state index is 0.0397. The Morgan fingerprint density at radius 2 is 1.91 bits per heavy atom. The predicted octanol–water partition coefficient (Wildman–Crippen LogP) is 5.64. The Hall–Kier alpha value is -2.84. The number of ether oxygens (including phenoxy) is 2. The summed E-state index contributed by atoms with van der Waals surface area (Å²) in [6.45, 7) is 0.295. The molecule has 2 aromatic carbocycles. The highest BCUT2D eigenvalue weighted by atomic mass is 32.2.